The monoisotopic (exact) mass is 608 g/mol. The Hall–Kier alpha value is -4.20. The number of nitrogens with zero attached hydrogens (tertiary/aromatic N) is 5. The van der Waals surface area contributed by atoms with E-state index in [-0.39, 0.29) is 29.5 Å². The molecule has 13 heteroatoms. The highest BCUT2D eigenvalue weighted by molar-refractivity contribution is 7.89. The molecule has 1 saturated heterocycles. The van der Waals surface area contributed by atoms with Gasteiger partial charge in [-0.05, 0) is 53.9 Å². The summed E-state index contributed by atoms with van der Waals surface area (Å²) in [4.78, 5) is 20.0. The van der Waals surface area contributed by atoms with Crippen molar-refractivity contribution in [2.45, 2.75) is 17.2 Å². The number of carboxylic acid groups (broad SMARTS) is 1. The van der Waals surface area contributed by atoms with Crippen LogP contribution in [0.5, 0.6) is 5.75 Å². The molecule has 1 aromatic heterocycles. The molecule has 4 aromatic rings. The van der Waals surface area contributed by atoms with E-state index in [0.29, 0.717) is 36.2 Å². The van der Waals surface area contributed by atoms with Crippen molar-refractivity contribution in [3.63, 3.8) is 0 Å². The lowest BCUT2D eigenvalue weighted by molar-refractivity contribution is 0.0693. The molecule has 0 amide bonds. The Balaban J connectivity index is 1.32. The van der Waals surface area contributed by atoms with E-state index in [4.69, 9.17) is 20.2 Å². The van der Waals surface area contributed by atoms with Crippen molar-refractivity contribution in [2.24, 2.45) is 0 Å². The highest BCUT2D eigenvalue weighted by Gasteiger charge is 2.31. The number of aromatic carboxylic acids is 1. The Morgan fingerprint density at radius 2 is 1.69 bits per heavy atom. The number of aromatic hydroxyl groups is 1. The number of nitrogen functional groups attached to an aromatic ring is 1. The van der Waals surface area contributed by atoms with Crippen LogP contribution in [0.4, 0.5) is 16.5 Å². The molecular formula is C29H32N6O5S2. The average Bonchev–Trinajstić information content (AvgIpc) is 3.46. The maximum Gasteiger partial charge on any atom is 0.339 e. The second-order valence-electron chi connectivity index (χ2n) is 10.3. The van der Waals surface area contributed by atoms with Gasteiger partial charge in [-0.1, -0.05) is 24.3 Å². The summed E-state index contributed by atoms with van der Waals surface area (Å²) < 4.78 is 32.4. The summed E-state index contributed by atoms with van der Waals surface area (Å²) in [5.41, 5.74) is 9.60. The molecule has 0 aliphatic carbocycles. The first kappa shape index (κ1) is 29.3. The van der Waals surface area contributed by atoms with Crippen LogP contribution in [0.1, 0.15) is 33.2 Å². The lowest BCUT2D eigenvalue weighted by atomic mass is 9.91. The standard InChI is InChI=1S/C29H32N6O5S2/c1-33(2)22-9-3-19(4-10-22)17-25(20-5-7-21(30)8-6-20)27-31-29(41-32-27)34-13-15-35(16-14-34)42(39,40)23-11-12-24(28(37)38)26(36)18-23/h3-12,18,25,36H,13-17,30H2,1-2H3,(H,37,38). The second-order valence-corrected chi connectivity index (χ2v) is 13.0. The largest absolute Gasteiger partial charge is 0.507 e. The number of carbonyl (C=O) groups is 1. The van der Waals surface area contributed by atoms with Crippen molar-refractivity contribution in [3.05, 3.63) is 89.2 Å². The van der Waals surface area contributed by atoms with Crippen LogP contribution in [0.25, 0.3) is 0 Å². The molecular weight excluding hydrogens is 576 g/mol. The fourth-order valence-corrected chi connectivity index (χ4v) is 7.09. The molecule has 0 radical (unpaired) electrons. The minimum absolute atomic E-state index is 0.0936. The fraction of sp³-hybridized carbons (Fsp3) is 0.276. The van der Waals surface area contributed by atoms with Crippen molar-refractivity contribution in [3.8, 4) is 5.75 Å². The van der Waals surface area contributed by atoms with Gasteiger partial charge in [-0.15, -0.1) is 0 Å². The summed E-state index contributed by atoms with van der Waals surface area (Å²) in [6, 6.07) is 19.4. The Morgan fingerprint density at radius 1 is 1.02 bits per heavy atom. The number of sulfonamides is 1. The molecule has 1 fully saturated rings. The number of phenols is 1. The molecule has 5 rings (SSSR count). The minimum Gasteiger partial charge on any atom is -0.507 e. The van der Waals surface area contributed by atoms with Gasteiger partial charge in [0.25, 0.3) is 0 Å². The maximum atomic E-state index is 13.2. The predicted octanol–water partition coefficient (Wildman–Crippen LogP) is 3.48. The van der Waals surface area contributed by atoms with E-state index in [0.717, 1.165) is 28.9 Å². The number of nitrogens with two attached hydrogens (primary N) is 1. The zero-order valence-electron chi connectivity index (χ0n) is 23.2. The number of hydrogen-bond donors (Lipinski definition) is 3. The molecule has 1 atom stereocenters. The Labute approximate surface area is 248 Å². The summed E-state index contributed by atoms with van der Waals surface area (Å²) in [5, 5.41) is 19.8. The highest BCUT2D eigenvalue weighted by Crippen LogP contribution is 2.32. The maximum absolute atomic E-state index is 13.2. The van der Waals surface area contributed by atoms with Gasteiger partial charge in [-0.3, -0.25) is 0 Å². The van der Waals surface area contributed by atoms with Crippen LogP contribution in [0, 0.1) is 0 Å². The van der Waals surface area contributed by atoms with E-state index in [9.17, 15) is 18.3 Å². The lowest BCUT2D eigenvalue weighted by Gasteiger charge is -2.33. The zero-order chi connectivity index (χ0) is 30.0. The molecule has 2 heterocycles. The van der Waals surface area contributed by atoms with Crippen LogP contribution < -0.4 is 15.5 Å². The van der Waals surface area contributed by atoms with Gasteiger partial charge in [0.1, 0.15) is 11.3 Å². The van der Waals surface area contributed by atoms with Crippen molar-refractivity contribution in [2.75, 3.05) is 55.8 Å². The smallest absolute Gasteiger partial charge is 0.339 e. The van der Waals surface area contributed by atoms with Gasteiger partial charge in [-0.25, -0.2) is 18.2 Å². The number of benzene rings is 3. The molecule has 11 nitrogen and oxygen atoms in total. The SMILES string of the molecule is CN(C)c1ccc(CC(c2ccc(N)cc2)c2nsc(N3CCN(S(=O)(=O)c4ccc(C(=O)O)c(O)c4)CC3)n2)cc1. The summed E-state index contributed by atoms with van der Waals surface area (Å²) >= 11 is 1.29. The van der Waals surface area contributed by atoms with Crippen LogP contribution >= 0.6 is 11.5 Å². The molecule has 0 saturated carbocycles. The van der Waals surface area contributed by atoms with E-state index in [2.05, 4.69) is 29.2 Å². The molecule has 0 spiro atoms. The molecule has 220 valence electrons. The molecule has 1 aliphatic rings. The third-order valence-corrected chi connectivity index (χ3v) is 10.0. The van der Waals surface area contributed by atoms with Gasteiger partial charge in [0.05, 0.1) is 4.90 Å². The van der Waals surface area contributed by atoms with Gasteiger partial charge in [0, 0.05) is 75.2 Å². The Morgan fingerprint density at radius 3 is 2.29 bits per heavy atom. The van der Waals surface area contributed by atoms with Gasteiger partial charge in [-0.2, -0.15) is 8.68 Å². The fourth-order valence-electron chi connectivity index (χ4n) is 4.87. The van der Waals surface area contributed by atoms with E-state index in [1.165, 1.54) is 21.9 Å². The molecule has 4 N–H and O–H groups in total. The van der Waals surface area contributed by atoms with Gasteiger partial charge >= 0.3 is 5.97 Å². The van der Waals surface area contributed by atoms with Crippen LogP contribution in [0.3, 0.4) is 0 Å². The number of anilines is 3. The first-order valence-corrected chi connectivity index (χ1v) is 15.5. The lowest BCUT2D eigenvalue weighted by Crippen LogP contribution is -2.48. The van der Waals surface area contributed by atoms with E-state index in [1.54, 1.807) is 0 Å². The van der Waals surface area contributed by atoms with Crippen LogP contribution in [-0.4, -0.2) is 78.5 Å². The van der Waals surface area contributed by atoms with Crippen LogP contribution in [0.2, 0.25) is 0 Å². The summed E-state index contributed by atoms with van der Waals surface area (Å²) in [6.07, 6.45) is 0.702. The molecule has 42 heavy (non-hydrogen) atoms. The van der Waals surface area contributed by atoms with Crippen molar-refractivity contribution < 1.29 is 23.4 Å². The Bertz CT molecular complexity index is 1670. The van der Waals surface area contributed by atoms with Crippen molar-refractivity contribution in [1.29, 1.82) is 0 Å². The van der Waals surface area contributed by atoms with Crippen LogP contribution in [-0.2, 0) is 16.4 Å². The molecule has 3 aromatic carbocycles. The van der Waals surface area contributed by atoms with Gasteiger partial charge in [0.15, 0.2) is 5.82 Å². The van der Waals surface area contributed by atoms with E-state index >= 15 is 0 Å². The van der Waals surface area contributed by atoms with Gasteiger partial charge < -0.3 is 25.7 Å². The molecule has 1 aliphatic heterocycles. The predicted molar refractivity (Wildman–Crippen MR) is 163 cm³/mol. The van der Waals surface area contributed by atoms with Crippen molar-refractivity contribution >= 4 is 44.0 Å². The number of aromatic nitrogens is 2. The number of piperazine rings is 1. The molecule has 0 bridgehead atoms. The third kappa shape index (κ3) is 6.17. The first-order chi connectivity index (χ1) is 20.0. The minimum atomic E-state index is -3.92. The highest BCUT2D eigenvalue weighted by atomic mass is 32.2. The Kier molecular flexibility index (Phi) is 8.34. The van der Waals surface area contributed by atoms with Crippen LogP contribution in [0.15, 0.2) is 71.6 Å². The average molecular weight is 609 g/mol. The first-order valence-electron chi connectivity index (χ1n) is 13.3. The summed E-state index contributed by atoms with van der Waals surface area (Å²) in [6.45, 7) is 1.23. The second kappa shape index (κ2) is 12.0. The normalized spacial score (nSPS) is 15.0. The summed E-state index contributed by atoms with van der Waals surface area (Å²) in [5.74, 6) is -1.32. The number of rotatable bonds is 9. The van der Waals surface area contributed by atoms with E-state index < -0.39 is 21.7 Å². The topological polar surface area (TPSA) is 153 Å². The third-order valence-electron chi connectivity index (χ3n) is 7.32. The van der Waals surface area contributed by atoms with Crippen molar-refractivity contribution in [1.82, 2.24) is 13.7 Å². The number of carboxylic acids is 1. The van der Waals surface area contributed by atoms with E-state index in [1.807, 2.05) is 43.3 Å². The molecule has 1 unspecified atom stereocenters. The number of hydrogen-bond acceptors (Lipinski definition) is 10. The van der Waals surface area contributed by atoms with Gasteiger partial charge in [0.2, 0.25) is 15.2 Å². The summed E-state index contributed by atoms with van der Waals surface area (Å²) in [7, 11) is 0.0953. The quantitative estimate of drug-likeness (QED) is 0.241. The zero-order valence-corrected chi connectivity index (χ0v) is 24.8.